The summed E-state index contributed by atoms with van der Waals surface area (Å²) < 4.78 is 6.97. The summed E-state index contributed by atoms with van der Waals surface area (Å²) in [7, 11) is 0. The largest absolute Gasteiger partial charge is 0.394 e. The molecule has 2 aromatic heterocycles. The standard InChI is InChI=1S/C11H15N5O2/c1-8-9(4-13-11(12)15-8)10-5-16(6-14-10)7-18-3-2-17/h4-6,17H,2-3,7H2,1H3,(H2,12,13,15). The maximum Gasteiger partial charge on any atom is 0.220 e. The number of hydrogen-bond acceptors (Lipinski definition) is 6. The van der Waals surface area contributed by atoms with Crippen LogP contribution in [-0.4, -0.2) is 37.8 Å². The van der Waals surface area contributed by atoms with E-state index in [1.165, 1.54) is 0 Å². The molecule has 0 aliphatic heterocycles. The van der Waals surface area contributed by atoms with Gasteiger partial charge in [0.25, 0.3) is 0 Å². The Morgan fingerprint density at radius 2 is 2.28 bits per heavy atom. The number of ether oxygens (including phenoxy) is 1. The van der Waals surface area contributed by atoms with Gasteiger partial charge in [0, 0.05) is 18.0 Å². The first kappa shape index (κ1) is 12.5. The summed E-state index contributed by atoms with van der Waals surface area (Å²) in [6, 6.07) is 0. The van der Waals surface area contributed by atoms with Crippen LogP contribution in [0.3, 0.4) is 0 Å². The van der Waals surface area contributed by atoms with E-state index in [9.17, 15) is 0 Å². The van der Waals surface area contributed by atoms with E-state index in [0.717, 1.165) is 17.0 Å². The molecule has 0 unspecified atom stereocenters. The molecule has 0 radical (unpaired) electrons. The molecule has 96 valence electrons. The van der Waals surface area contributed by atoms with Crippen molar-refractivity contribution in [3.05, 3.63) is 24.4 Å². The molecular weight excluding hydrogens is 234 g/mol. The minimum Gasteiger partial charge on any atom is -0.394 e. The lowest BCUT2D eigenvalue weighted by Crippen LogP contribution is -2.03. The highest BCUT2D eigenvalue weighted by molar-refractivity contribution is 5.60. The summed E-state index contributed by atoms with van der Waals surface area (Å²) >= 11 is 0. The van der Waals surface area contributed by atoms with E-state index in [2.05, 4.69) is 15.0 Å². The molecule has 18 heavy (non-hydrogen) atoms. The van der Waals surface area contributed by atoms with Gasteiger partial charge in [0.05, 0.1) is 30.9 Å². The van der Waals surface area contributed by atoms with E-state index in [-0.39, 0.29) is 12.6 Å². The smallest absolute Gasteiger partial charge is 0.220 e. The lowest BCUT2D eigenvalue weighted by atomic mass is 10.2. The molecule has 0 fully saturated rings. The average Bonchev–Trinajstić information content (AvgIpc) is 2.78. The molecule has 7 heteroatoms. The minimum atomic E-state index is 0.00641. The van der Waals surface area contributed by atoms with Crippen molar-refractivity contribution in [2.24, 2.45) is 0 Å². The Bertz CT molecular complexity index is 526. The third kappa shape index (κ3) is 2.82. The fourth-order valence-electron chi connectivity index (χ4n) is 1.54. The molecule has 0 aliphatic carbocycles. The Hall–Kier alpha value is -1.99. The monoisotopic (exact) mass is 249 g/mol. The molecule has 0 amide bonds. The molecule has 0 saturated carbocycles. The first-order chi connectivity index (χ1) is 8.70. The van der Waals surface area contributed by atoms with E-state index < -0.39 is 0 Å². The molecule has 7 nitrogen and oxygen atoms in total. The first-order valence-corrected chi connectivity index (χ1v) is 5.50. The molecule has 0 atom stereocenters. The highest BCUT2D eigenvalue weighted by Crippen LogP contribution is 2.19. The van der Waals surface area contributed by atoms with Crippen molar-refractivity contribution in [1.29, 1.82) is 0 Å². The van der Waals surface area contributed by atoms with Gasteiger partial charge < -0.3 is 20.1 Å². The van der Waals surface area contributed by atoms with Crippen LogP contribution < -0.4 is 5.73 Å². The molecule has 0 aromatic carbocycles. The van der Waals surface area contributed by atoms with Crippen LogP contribution in [-0.2, 0) is 11.5 Å². The zero-order chi connectivity index (χ0) is 13.0. The maximum absolute atomic E-state index is 8.61. The Labute approximate surface area is 104 Å². The third-order valence-electron chi connectivity index (χ3n) is 2.38. The number of imidazole rings is 1. The second kappa shape index (κ2) is 5.56. The number of rotatable bonds is 5. The maximum atomic E-state index is 8.61. The summed E-state index contributed by atoms with van der Waals surface area (Å²) in [4.78, 5) is 12.3. The van der Waals surface area contributed by atoms with Gasteiger partial charge in [-0.15, -0.1) is 0 Å². The van der Waals surface area contributed by atoms with Crippen LogP contribution >= 0.6 is 0 Å². The predicted octanol–water partition coefficient (Wildman–Crippen LogP) is 0.197. The van der Waals surface area contributed by atoms with Gasteiger partial charge >= 0.3 is 0 Å². The number of hydrogen-bond donors (Lipinski definition) is 2. The van der Waals surface area contributed by atoms with Crippen LogP contribution in [0.15, 0.2) is 18.7 Å². The fourth-order valence-corrected chi connectivity index (χ4v) is 1.54. The van der Waals surface area contributed by atoms with Gasteiger partial charge in [0.1, 0.15) is 6.73 Å². The van der Waals surface area contributed by atoms with Crippen molar-refractivity contribution in [3.8, 4) is 11.3 Å². The number of aryl methyl sites for hydroxylation is 1. The minimum absolute atomic E-state index is 0.00641. The normalized spacial score (nSPS) is 10.8. The molecule has 0 aliphatic rings. The van der Waals surface area contributed by atoms with Crippen LogP contribution in [0.1, 0.15) is 5.69 Å². The van der Waals surface area contributed by atoms with E-state index in [4.69, 9.17) is 15.6 Å². The summed E-state index contributed by atoms with van der Waals surface area (Å²) in [6.45, 7) is 2.51. The molecule has 2 aromatic rings. The van der Waals surface area contributed by atoms with E-state index in [1.54, 1.807) is 17.1 Å². The molecule has 3 N–H and O–H groups in total. The second-order valence-electron chi connectivity index (χ2n) is 3.76. The average molecular weight is 249 g/mol. The molecular formula is C11H15N5O2. The van der Waals surface area contributed by atoms with Crippen molar-refractivity contribution in [1.82, 2.24) is 19.5 Å². The van der Waals surface area contributed by atoms with Gasteiger partial charge in [-0.1, -0.05) is 0 Å². The number of nitrogens with zero attached hydrogens (tertiary/aromatic N) is 4. The van der Waals surface area contributed by atoms with Crippen molar-refractivity contribution in [2.75, 3.05) is 18.9 Å². The Morgan fingerprint density at radius 3 is 3.00 bits per heavy atom. The van der Waals surface area contributed by atoms with Crippen molar-refractivity contribution in [2.45, 2.75) is 13.7 Å². The first-order valence-electron chi connectivity index (χ1n) is 5.50. The number of nitrogens with two attached hydrogens (primary N) is 1. The van der Waals surface area contributed by atoms with E-state index >= 15 is 0 Å². The van der Waals surface area contributed by atoms with Crippen LogP contribution in [0.5, 0.6) is 0 Å². The highest BCUT2D eigenvalue weighted by atomic mass is 16.5. The van der Waals surface area contributed by atoms with Gasteiger partial charge in [-0.05, 0) is 6.92 Å². The van der Waals surface area contributed by atoms with Gasteiger partial charge in [-0.3, -0.25) is 0 Å². The van der Waals surface area contributed by atoms with E-state index in [1.807, 2.05) is 13.1 Å². The van der Waals surface area contributed by atoms with E-state index in [0.29, 0.717) is 13.3 Å². The number of nitrogen functional groups attached to an aromatic ring is 1. The summed E-state index contributed by atoms with van der Waals surface area (Å²) in [5.74, 6) is 0.252. The molecule has 0 spiro atoms. The zero-order valence-electron chi connectivity index (χ0n) is 10.1. The van der Waals surface area contributed by atoms with Crippen LogP contribution in [0.25, 0.3) is 11.3 Å². The van der Waals surface area contributed by atoms with Gasteiger partial charge in [0.15, 0.2) is 0 Å². The Balaban J connectivity index is 2.13. The van der Waals surface area contributed by atoms with Gasteiger partial charge in [-0.2, -0.15) is 0 Å². The Kier molecular flexibility index (Phi) is 3.85. The summed E-state index contributed by atoms with van der Waals surface area (Å²) in [5.41, 5.74) is 7.88. The quantitative estimate of drug-likeness (QED) is 0.734. The van der Waals surface area contributed by atoms with Crippen LogP contribution in [0.2, 0.25) is 0 Å². The number of aromatic nitrogens is 4. The second-order valence-corrected chi connectivity index (χ2v) is 3.76. The third-order valence-corrected chi connectivity index (χ3v) is 2.38. The summed E-state index contributed by atoms with van der Waals surface area (Å²) in [6.07, 6.45) is 5.14. The summed E-state index contributed by atoms with van der Waals surface area (Å²) in [5, 5.41) is 8.61. The lowest BCUT2D eigenvalue weighted by molar-refractivity contribution is 0.0482. The molecule has 0 saturated heterocycles. The topological polar surface area (TPSA) is 99.1 Å². The number of anilines is 1. The molecule has 2 heterocycles. The number of aliphatic hydroxyl groups is 1. The number of aliphatic hydroxyl groups excluding tert-OH is 1. The van der Waals surface area contributed by atoms with Crippen molar-refractivity contribution < 1.29 is 9.84 Å². The van der Waals surface area contributed by atoms with Crippen molar-refractivity contribution in [3.63, 3.8) is 0 Å². The lowest BCUT2D eigenvalue weighted by Gasteiger charge is -2.03. The highest BCUT2D eigenvalue weighted by Gasteiger charge is 2.07. The molecule has 0 bridgehead atoms. The van der Waals surface area contributed by atoms with Crippen molar-refractivity contribution >= 4 is 5.95 Å². The predicted molar refractivity (Wildman–Crippen MR) is 65.4 cm³/mol. The Morgan fingerprint density at radius 1 is 1.44 bits per heavy atom. The fraction of sp³-hybridized carbons (Fsp3) is 0.364. The molecule has 2 rings (SSSR count). The van der Waals surface area contributed by atoms with Gasteiger partial charge in [0.2, 0.25) is 5.95 Å². The zero-order valence-corrected chi connectivity index (χ0v) is 10.1. The van der Waals surface area contributed by atoms with Gasteiger partial charge in [-0.25, -0.2) is 15.0 Å². The van der Waals surface area contributed by atoms with Crippen LogP contribution in [0, 0.1) is 6.92 Å². The van der Waals surface area contributed by atoms with Crippen LogP contribution in [0.4, 0.5) is 5.95 Å². The SMILES string of the molecule is Cc1nc(N)ncc1-c1cn(COCCO)cn1.